The molecule has 0 amide bonds. The van der Waals surface area contributed by atoms with Crippen LogP contribution in [0.3, 0.4) is 0 Å². The van der Waals surface area contributed by atoms with Crippen molar-refractivity contribution in [1.29, 1.82) is 0 Å². The third-order valence-corrected chi connectivity index (χ3v) is 1.79. The van der Waals surface area contributed by atoms with Gasteiger partial charge in [0.2, 0.25) is 5.89 Å². The third-order valence-electron chi connectivity index (χ3n) is 1.79. The van der Waals surface area contributed by atoms with E-state index in [2.05, 4.69) is 24.0 Å². The minimum absolute atomic E-state index is 0.136. The van der Waals surface area contributed by atoms with Gasteiger partial charge in [-0.3, -0.25) is 0 Å². The van der Waals surface area contributed by atoms with Crippen LogP contribution in [-0.4, -0.2) is 16.2 Å². The molecule has 1 aromatic heterocycles. The van der Waals surface area contributed by atoms with Crippen LogP contribution in [0.1, 0.15) is 32.0 Å². The molecule has 0 aliphatic rings. The molecule has 2 N–H and O–H groups in total. The molecule has 4 heteroatoms. The summed E-state index contributed by atoms with van der Waals surface area (Å²) in [6.45, 7) is 6.09. The van der Waals surface area contributed by atoms with Crippen molar-refractivity contribution < 1.29 is 4.52 Å². The first-order valence-electron chi connectivity index (χ1n) is 4.62. The van der Waals surface area contributed by atoms with Crippen LogP contribution >= 0.6 is 0 Å². The predicted octanol–water partition coefficient (Wildman–Crippen LogP) is 1.29. The Hall–Kier alpha value is -0.900. The Morgan fingerprint density at radius 1 is 1.46 bits per heavy atom. The average molecular weight is 183 g/mol. The molecule has 74 valence electrons. The number of nitrogens with two attached hydrogens (primary N) is 1. The minimum atomic E-state index is 0.136. The highest BCUT2D eigenvalue weighted by Gasteiger charge is 2.10. The van der Waals surface area contributed by atoms with Crippen molar-refractivity contribution in [3.8, 4) is 0 Å². The molecule has 0 aliphatic heterocycles. The summed E-state index contributed by atoms with van der Waals surface area (Å²) >= 11 is 0. The summed E-state index contributed by atoms with van der Waals surface area (Å²) in [4.78, 5) is 4.10. The molecule has 0 radical (unpaired) electrons. The highest BCUT2D eigenvalue weighted by Crippen LogP contribution is 2.06. The largest absolute Gasteiger partial charge is 0.340 e. The smallest absolute Gasteiger partial charge is 0.223 e. The number of aromatic nitrogens is 2. The van der Waals surface area contributed by atoms with Gasteiger partial charge in [0.15, 0.2) is 5.82 Å². The summed E-state index contributed by atoms with van der Waals surface area (Å²) < 4.78 is 4.85. The van der Waals surface area contributed by atoms with Gasteiger partial charge in [-0.25, -0.2) is 0 Å². The molecule has 0 spiro atoms. The van der Waals surface area contributed by atoms with E-state index in [-0.39, 0.29) is 6.04 Å². The van der Waals surface area contributed by atoms with Gasteiger partial charge >= 0.3 is 0 Å². The zero-order chi connectivity index (χ0) is 9.84. The summed E-state index contributed by atoms with van der Waals surface area (Å²) in [6.07, 6.45) is 1.70. The first kappa shape index (κ1) is 10.2. The van der Waals surface area contributed by atoms with Crippen LogP contribution in [0.25, 0.3) is 0 Å². The molecule has 1 rings (SSSR count). The van der Waals surface area contributed by atoms with Gasteiger partial charge in [-0.05, 0) is 12.3 Å². The van der Waals surface area contributed by atoms with Crippen LogP contribution in [0.2, 0.25) is 0 Å². The number of hydrogen-bond donors (Lipinski definition) is 1. The highest BCUT2D eigenvalue weighted by atomic mass is 16.5. The molecule has 1 aromatic rings. The van der Waals surface area contributed by atoms with E-state index in [1.807, 2.05) is 0 Å². The fraction of sp³-hybridized carbons (Fsp3) is 0.778. The summed E-state index contributed by atoms with van der Waals surface area (Å²) in [5.74, 6) is 1.93. The standard InChI is InChI=1S/C9H17N3O/c1-6(2)4-8(10)5-9-11-7(3)13-12-9/h6,8H,4-5,10H2,1-3H3. The number of rotatable bonds is 4. The third kappa shape index (κ3) is 3.55. The molecular weight excluding hydrogens is 166 g/mol. The van der Waals surface area contributed by atoms with Gasteiger partial charge in [0, 0.05) is 19.4 Å². The predicted molar refractivity (Wildman–Crippen MR) is 50.2 cm³/mol. The molecule has 0 fully saturated rings. The van der Waals surface area contributed by atoms with Crippen molar-refractivity contribution in [2.45, 2.75) is 39.7 Å². The van der Waals surface area contributed by atoms with E-state index in [0.717, 1.165) is 6.42 Å². The molecule has 13 heavy (non-hydrogen) atoms. The van der Waals surface area contributed by atoms with Crippen LogP contribution < -0.4 is 5.73 Å². The topological polar surface area (TPSA) is 64.9 Å². The first-order valence-corrected chi connectivity index (χ1v) is 4.62. The molecule has 1 heterocycles. The Morgan fingerprint density at radius 3 is 2.62 bits per heavy atom. The van der Waals surface area contributed by atoms with Crippen LogP contribution in [0.5, 0.6) is 0 Å². The van der Waals surface area contributed by atoms with Gasteiger partial charge in [-0.15, -0.1) is 0 Å². The van der Waals surface area contributed by atoms with Crippen LogP contribution in [0.4, 0.5) is 0 Å². The zero-order valence-corrected chi connectivity index (χ0v) is 8.45. The van der Waals surface area contributed by atoms with Crippen molar-refractivity contribution >= 4 is 0 Å². The van der Waals surface area contributed by atoms with Crippen molar-refractivity contribution in [3.05, 3.63) is 11.7 Å². The van der Waals surface area contributed by atoms with Gasteiger partial charge in [-0.1, -0.05) is 19.0 Å². The fourth-order valence-electron chi connectivity index (χ4n) is 1.35. The molecule has 0 saturated carbocycles. The van der Waals surface area contributed by atoms with E-state index in [9.17, 15) is 0 Å². The maximum absolute atomic E-state index is 5.89. The van der Waals surface area contributed by atoms with Crippen molar-refractivity contribution in [3.63, 3.8) is 0 Å². The number of hydrogen-bond acceptors (Lipinski definition) is 4. The summed E-state index contributed by atoms with van der Waals surface area (Å²) in [7, 11) is 0. The summed E-state index contributed by atoms with van der Waals surface area (Å²) in [6, 6.07) is 0.136. The zero-order valence-electron chi connectivity index (χ0n) is 8.45. The van der Waals surface area contributed by atoms with Crippen molar-refractivity contribution in [1.82, 2.24) is 10.1 Å². The lowest BCUT2D eigenvalue weighted by Gasteiger charge is -2.10. The first-order chi connectivity index (χ1) is 6.08. The van der Waals surface area contributed by atoms with Gasteiger partial charge in [-0.2, -0.15) is 4.98 Å². The second kappa shape index (κ2) is 4.37. The number of aryl methyl sites for hydroxylation is 1. The van der Waals surface area contributed by atoms with E-state index < -0.39 is 0 Å². The van der Waals surface area contributed by atoms with Gasteiger partial charge < -0.3 is 10.3 Å². The molecule has 0 bridgehead atoms. The molecule has 0 aliphatic carbocycles. The summed E-state index contributed by atoms with van der Waals surface area (Å²) in [5, 5.41) is 3.80. The quantitative estimate of drug-likeness (QED) is 0.764. The Morgan fingerprint density at radius 2 is 2.15 bits per heavy atom. The van der Waals surface area contributed by atoms with E-state index in [1.54, 1.807) is 6.92 Å². The molecule has 4 nitrogen and oxygen atoms in total. The Kier molecular flexibility index (Phi) is 3.42. The van der Waals surface area contributed by atoms with E-state index in [0.29, 0.717) is 24.1 Å². The van der Waals surface area contributed by atoms with Crippen LogP contribution in [-0.2, 0) is 6.42 Å². The maximum atomic E-state index is 5.89. The second-order valence-corrected chi connectivity index (χ2v) is 3.82. The summed E-state index contributed by atoms with van der Waals surface area (Å²) in [5.41, 5.74) is 5.89. The van der Waals surface area contributed by atoms with Gasteiger partial charge in [0.25, 0.3) is 0 Å². The lowest BCUT2D eigenvalue weighted by Crippen LogP contribution is -2.25. The molecule has 0 aromatic carbocycles. The van der Waals surface area contributed by atoms with E-state index in [4.69, 9.17) is 10.3 Å². The Bertz CT molecular complexity index is 257. The molecular formula is C9H17N3O. The molecule has 1 atom stereocenters. The molecule has 0 saturated heterocycles. The molecule has 1 unspecified atom stereocenters. The SMILES string of the molecule is Cc1nc(CC(N)CC(C)C)no1. The van der Waals surface area contributed by atoms with E-state index >= 15 is 0 Å². The fourth-order valence-corrected chi connectivity index (χ4v) is 1.35. The van der Waals surface area contributed by atoms with Crippen LogP contribution in [0.15, 0.2) is 4.52 Å². The average Bonchev–Trinajstić information content (AvgIpc) is 2.33. The highest BCUT2D eigenvalue weighted by molar-refractivity contribution is 4.87. The Balaban J connectivity index is 2.40. The van der Waals surface area contributed by atoms with Gasteiger partial charge in [0.1, 0.15) is 0 Å². The lowest BCUT2D eigenvalue weighted by molar-refractivity contribution is 0.383. The minimum Gasteiger partial charge on any atom is -0.340 e. The van der Waals surface area contributed by atoms with Crippen molar-refractivity contribution in [2.24, 2.45) is 11.7 Å². The van der Waals surface area contributed by atoms with Gasteiger partial charge in [0.05, 0.1) is 0 Å². The van der Waals surface area contributed by atoms with Crippen molar-refractivity contribution in [2.75, 3.05) is 0 Å². The van der Waals surface area contributed by atoms with E-state index in [1.165, 1.54) is 0 Å². The number of nitrogens with zero attached hydrogens (tertiary/aromatic N) is 2. The Labute approximate surface area is 78.5 Å². The lowest BCUT2D eigenvalue weighted by atomic mass is 10.0. The van der Waals surface area contributed by atoms with Crippen LogP contribution in [0, 0.1) is 12.8 Å². The monoisotopic (exact) mass is 183 g/mol. The normalized spacial score (nSPS) is 13.6. The second-order valence-electron chi connectivity index (χ2n) is 3.82. The maximum Gasteiger partial charge on any atom is 0.223 e.